The molecular weight excluding hydrogens is 670 g/mol. The van der Waals surface area contributed by atoms with Gasteiger partial charge in [0.2, 0.25) is 5.91 Å². The van der Waals surface area contributed by atoms with Crippen molar-refractivity contribution in [2.45, 2.75) is 172 Å². The highest BCUT2D eigenvalue weighted by atomic mass is 32.3. The molecule has 1 rings (SSSR count). The molecule has 0 spiro atoms. The molecular formula is C36H65NO12S. The molecule has 50 heavy (non-hydrogen) atoms. The van der Waals surface area contributed by atoms with Crippen molar-refractivity contribution in [1.82, 2.24) is 5.32 Å². The van der Waals surface area contributed by atoms with E-state index >= 15 is 0 Å². The molecule has 0 saturated carbocycles. The SMILES string of the molecule is CCCCC/C=C\CCCCCCC(O)C(=O)NC(COC1OC(CO)C(O)C(OS(=O)(=O)O)C1O)C(O)/C=C/CC/C=C/CCCCCC. The number of amides is 1. The van der Waals surface area contributed by atoms with Crippen LogP contribution in [0.4, 0.5) is 0 Å². The Labute approximate surface area is 299 Å². The summed E-state index contributed by atoms with van der Waals surface area (Å²) in [5.41, 5.74) is 0. The number of aliphatic hydroxyl groups is 5. The van der Waals surface area contributed by atoms with Crippen molar-refractivity contribution in [3.63, 3.8) is 0 Å². The van der Waals surface area contributed by atoms with Crippen molar-refractivity contribution in [3.05, 3.63) is 36.5 Å². The number of carbonyl (C=O) groups excluding carboxylic acids is 1. The lowest BCUT2D eigenvalue weighted by Crippen LogP contribution is -2.61. The molecule has 8 atom stereocenters. The largest absolute Gasteiger partial charge is 0.397 e. The normalized spacial score (nSPS) is 23.6. The third-order valence-electron chi connectivity index (χ3n) is 8.50. The molecule has 1 aliphatic rings. The maximum atomic E-state index is 12.9. The number of ether oxygens (including phenoxy) is 2. The fourth-order valence-electron chi connectivity index (χ4n) is 5.47. The Morgan fingerprint density at radius 3 is 1.94 bits per heavy atom. The number of hydrogen-bond acceptors (Lipinski definition) is 11. The summed E-state index contributed by atoms with van der Waals surface area (Å²) in [5, 5.41) is 54.6. The Morgan fingerprint density at radius 1 is 0.800 bits per heavy atom. The minimum atomic E-state index is -5.11. The molecule has 1 fully saturated rings. The molecule has 13 nitrogen and oxygen atoms in total. The summed E-state index contributed by atoms with van der Waals surface area (Å²) in [5.74, 6) is -0.728. The van der Waals surface area contributed by atoms with E-state index in [0.29, 0.717) is 12.8 Å². The summed E-state index contributed by atoms with van der Waals surface area (Å²) in [7, 11) is -5.11. The molecule has 0 aliphatic carbocycles. The lowest BCUT2D eigenvalue weighted by molar-refractivity contribution is -0.298. The van der Waals surface area contributed by atoms with E-state index in [1.54, 1.807) is 6.08 Å². The standard InChI is InChI=1S/C36H65NO12S/c1-3-5-7-9-11-13-15-17-19-21-23-25-30(40)35(43)37-28(29(39)24-22-20-18-16-14-12-10-8-6-4-2)27-47-36-33(42)34(49-50(44,45)46)32(41)31(26-38)48-36/h11,13-14,16,22,24,28-34,36,38-42H,3-10,12,15,17-21,23,25-27H2,1-2H3,(H,37,43)(H,44,45,46)/b13-11-,16-14+,24-22+. The monoisotopic (exact) mass is 735 g/mol. The second-order valence-corrected chi connectivity index (χ2v) is 14.0. The summed E-state index contributed by atoms with van der Waals surface area (Å²) in [6.45, 7) is 3.06. The van der Waals surface area contributed by atoms with Crippen LogP contribution in [0.1, 0.15) is 123 Å². The number of nitrogens with one attached hydrogen (secondary N) is 1. The fourth-order valence-corrected chi connectivity index (χ4v) is 5.98. The van der Waals surface area contributed by atoms with Crippen LogP contribution in [0, 0.1) is 0 Å². The molecule has 0 radical (unpaired) electrons. The molecule has 292 valence electrons. The van der Waals surface area contributed by atoms with Gasteiger partial charge in [-0.3, -0.25) is 9.35 Å². The molecule has 8 unspecified atom stereocenters. The fraction of sp³-hybridized carbons (Fsp3) is 0.806. The second-order valence-electron chi connectivity index (χ2n) is 12.9. The first-order chi connectivity index (χ1) is 23.9. The number of aliphatic hydroxyl groups excluding tert-OH is 5. The summed E-state index contributed by atoms with van der Waals surface area (Å²) in [6, 6.07) is -1.14. The Kier molecular flexibility index (Phi) is 25.8. The van der Waals surface area contributed by atoms with Crippen molar-refractivity contribution < 1.29 is 57.0 Å². The number of carbonyl (C=O) groups is 1. The average Bonchev–Trinajstić information content (AvgIpc) is 3.08. The zero-order valence-corrected chi connectivity index (χ0v) is 30.9. The summed E-state index contributed by atoms with van der Waals surface area (Å²) >= 11 is 0. The van der Waals surface area contributed by atoms with Crippen molar-refractivity contribution in [2.24, 2.45) is 0 Å². The van der Waals surface area contributed by atoms with Crippen LogP contribution in [0.3, 0.4) is 0 Å². The van der Waals surface area contributed by atoms with E-state index in [9.17, 15) is 38.7 Å². The average molecular weight is 736 g/mol. The molecule has 14 heteroatoms. The maximum Gasteiger partial charge on any atom is 0.397 e. The molecule has 0 aromatic heterocycles. The Hall–Kier alpha value is -1.72. The Bertz CT molecular complexity index is 1070. The van der Waals surface area contributed by atoms with Crippen molar-refractivity contribution in [3.8, 4) is 0 Å². The van der Waals surface area contributed by atoms with Crippen LogP contribution < -0.4 is 5.32 Å². The van der Waals surface area contributed by atoms with Crippen LogP contribution in [0.2, 0.25) is 0 Å². The van der Waals surface area contributed by atoms with E-state index in [1.807, 2.05) is 0 Å². The van der Waals surface area contributed by atoms with Crippen LogP contribution in [0.5, 0.6) is 0 Å². The van der Waals surface area contributed by atoms with E-state index in [2.05, 4.69) is 47.7 Å². The predicted octanol–water partition coefficient (Wildman–Crippen LogP) is 4.18. The second kappa shape index (κ2) is 27.9. The first-order valence-corrected chi connectivity index (χ1v) is 19.8. The summed E-state index contributed by atoms with van der Waals surface area (Å²) in [6.07, 6.45) is 17.0. The van der Waals surface area contributed by atoms with Gasteiger partial charge in [-0.2, -0.15) is 8.42 Å². The number of allylic oxidation sites excluding steroid dienone is 5. The molecule has 0 aromatic carbocycles. The number of unbranched alkanes of at least 4 members (excludes halogenated alkanes) is 12. The number of hydrogen-bond donors (Lipinski definition) is 7. The first kappa shape index (κ1) is 46.3. The quantitative estimate of drug-likeness (QED) is 0.0328. The van der Waals surface area contributed by atoms with Gasteiger partial charge in [-0.1, -0.05) is 102 Å². The van der Waals surface area contributed by atoms with E-state index in [4.69, 9.17) is 14.0 Å². The molecule has 1 amide bonds. The van der Waals surface area contributed by atoms with Gasteiger partial charge in [0.05, 0.1) is 25.4 Å². The van der Waals surface area contributed by atoms with Crippen LogP contribution in [0.25, 0.3) is 0 Å². The third-order valence-corrected chi connectivity index (χ3v) is 8.97. The first-order valence-electron chi connectivity index (χ1n) is 18.5. The van der Waals surface area contributed by atoms with Crippen LogP contribution in [-0.4, -0.2) is 107 Å². The highest BCUT2D eigenvalue weighted by Crippen LogP contribution is 2.26. The zero-order chi connectivity index (χ0) is 37.2. The Morgan fingerprint density at radius 2 is 1.34 bits per heavy atom. The molecule has 1 aliphatic heterocycles. The summed E-state index contributed by atoms with van der Waals surface area (Å²) in [4.78, 5) is 12.9. The van der Waals surface area contributed by atoms with Gasteiger partial charge in [-0.15, -0.1) is 0 Å². The minimum absolute atomic E-state index is 0.220. The van der Waals surface area contributed by atoms with Gasteiger partial charge in [0, 0.05) is 0 Å². The number of rotatable bonds is 29. The van der Waals surface area contributed by atoms with Gasteiger partial charge in [0.1, 0.15) is 30.5 Å². The van der Waals surface area contributed by atoms with E-state index in [-0.39, 0.29) is 6.42 Å². The zero-order valence-electron chi connectivity index (χ0n) is 30.1. The minimum Gasteiger partial charge on any atom is -0.394 e. The molecule has 1 saturated heterocycles. The van der Waals surface area contributed by atoms with Crippen LogP contribution in [-0.2, 0) is 28.9 Å². The third kappa shape index (κ3) is 21.0. The Balaban J connectivity index is 2.78. The van der Waals surface area contributed by atoms with Crippen molar-refractivity contribution >= 4 is 16.3 Å². The summed E-state index contributed by atoms with van der Waals surface area (Å²) < 4.78 is 47.1. The van der Waals surface area contributed by atoms with Crippen molar-refractivity contribution in [1.29, 1.82) is 0 Å². The van der Waals surface area contributed by atoms with Gasteiger partial charge in [-0.05, 0) is 57.8 Å². The smallest absolute Gasteiger partial charge is 0.394 e. The lowest BCUT2D eigenvalue weighted by atomic mass is 9.99. The molecule has 0 bridgehead atoms. The van der Waals surface area contributed by atoms with Crippen molar-refractivity contribution in [2.75, 3.05) is 13.2 Å². The molecule has 7 N–H and O–H groups in total. The van der Waals surface area contributed by atoms with Gasteiger partial charge < -0.3 is 40.3 Å². The van der Waals surface area contributed by atoms with Gasteiger partial charge >= 0.3 is 10.4 Å². The van der Waals surface area contributed by atoms with Gasteiger partial charge in [-0.25, -0.2) is 4.18 Å². The molecule has 0 aromatic rings. The predicted molar refractivity (Wildman–Crippen MR) is 191 cm³/mol. The highest BCUT2D eigenvalue weighted by molar-refractivity contribution is 7.80. The maximum absolute atomic E-state index is 12.9. The van der Waals surface area contributed by atoms with Crippen LogP contribution in [0.15, 0.2) is 36.5 Å². The lowest BCUT2D eigenvalue weighted by Gasteiger charge is -2.41. The van der Waals surface area contributed by atoms with E-state index in [0.717, 1.165) is 51.4 Å². The molecule has 1 heterocycles. The van der Waals surface area contributed by atoms with Gasteiger partial charge in [0.15, 0.2) is 6.29 Å². The topological polar surface area (TPSA) is 212 Å². The van der Waals surface area contributed by atoms with E-state index < -0.39 is 78.5 Å². The van der Waals surface area contributed by atoms with Gasteiger partial charge in [0.25, 0.3) is 0 Å². The van der Waals surface area contributed by atoms with Crippen LogP contribution >= 0.6 is 0 Å². The van der Waals surface area contributed by atoms with E-state index in [1.165, 1.54) is 44.6 Å². The highest BCUT2D eigenvalue weighted by Gasteiger charge is 2.48.